The summed E-state index contributed by atoms with van der Waals surface area (Å²) < 4.78 is 7.31. The van der Waals surface area contributed by atoms with E-state index in [2.05, 4.69) is 48.4 Å². The number of benzene rings is 2. The van der Waals surface area contributed by atoms with Gasteiger partial charge in [-0.2, -0.15) is 5.10 Å². The summed E-state index contributed by atoms with van der Waals surface area (Å²) in [5.41, 5.74) is 5.60. The zero-order valence-electron chi connectivity index (χ0n) is 25.7. The van der Waals surface area contributed by atoms with E-state index in [4.69, 9.17) is 9.52 Å². The van der Waals surface area contributed by atoms with Crippen molar-refractivity contribution in [2.45, 2.75) is 84.2 Å². The van der Waals surface area contributed by atoms with E-state index in [1.165, 1.54) is 5.56 Å². The summed E-state index contributed by atoms with van der Waals surface area (Å²) >= 11 is 0. The van der Waals surface area contributed by atoms with Crippen molar-refractivity contribution in [3.05, 3.63) is 95.1 Å². The number of carbonyl (C=O) groups excluding carboxylic acids is 2. The average molecular weight is 580 g/mol. The number of hydrogen-bond donors (Lipinski definition) is 2. The molecule has 2 saturated heterocycles. The van der Waals surface area contributed by atoms with Gasteiger partial charge in [-0.15, -0.1) is 0 Å². The molecule has 2 aliphatic rings. The van der Waals surface area contributed by atoms with Gasteiger partial charge in [0.15, 0.2) is 5.76 Å². The van der Waals surface area contributed by atoms with Crippen LogP contribution in [-0.4, -0.2) is 38.7 Å². The number of nitrogens with zero attached hydrogens (tertiary/aromatic N) is 3. The van der Waals surface area contributed by atoms with Crippen LogP contribution in [0.2, 0.25) is 0 Å². The fourth-order valence-electron chi connectivity index (χ4n) is 6.60. The van der Waals surface area contributed by atoms with E-state index in [1.54, 1.807) is 10.9 Å². The molecule has 2 aromatic heterocycles. The average Bonchev–Trinajstić information content (AvgIpc) is 3.65. The Balaban J connectivity index is 1.11. The summed E-state index contributed by atoms with van der Waals surface area (Å²) in [5, 5.41) is 10.9. The van der Waals surface area contributed by atoms with Gasteiger partial charge in [-0.1, -0.05) is 50.6 Å². The lowest BCUT2D eigenvalue weighted by atomic mass is 9.85. The minimum absolute atomic E-state index is 0.0315. The molecule has 0 aliphatic carbocycles. The Morgan fingerprint density at radius 3 is 2.33 bits per heavy atom. The van der Waals surface area contributed by atoms with E-state index in [9.17, 15) is 9.59 Å². The van der Waals surface area contributed by atoms with Crippen LogP contribution in [0.5, 0.6) is 0 Å². The molecule has 0 radical (unpaired) electrons. The predicted octanol–water partition coefficient (Wildman–Crippen LogP) is 7.65. The third kappa shape index (κ3) is 6.10. The van der Waals surface area contributed by atoms with Gasteiger partial charge in [0, 0.05) is 34.8 Å². The summed E-state index contributed by atoms with van der Waals surface area (Å²) in [6.07, 6.45) is 6.58. The maximum Gasteiger partial charge on any atom is 0.324 e. The third-order valence-corrected chi connectivity index (χ3v) is 8.83. The zero-order chi connectivity index (χ0) is 30.3. The van der Waals surface area contributed by atoms with Crippen molar-refractivity contribution in [2.24, 2.45) is 5.92 Å². The Labute approximate surface area is 253 Å². The first-order valence-corrected chi connectivity index (χ1v) is 15.3. The number of urea groups is 1. The van der Waals surface area contributed by atoms with Gasteiger partial charge >= 0.3 is 6.03 Å². The first-order chi connectivity index (χ1) is 20.5. The quantitative estimate of drug-likeness (QED) is 0.245. The second-order valence-corrected chi connectivity index (χ2v) is 13.3. The van der Waals surface area contributed by atoms with E-state index >= 15 is 0 Å². The largest absolute Gasteiger partial charge is 0.459 e. The van der Waals surface area contributed by atoms with Crippen molar-refractivity contribution in [2.75, 3.05) is 10.6 Å². The van der Waals surface area contributed by atoms with Crippen LogP contribution in [0, 0.1) is 19.8 Å². The summed E-state index contributed by atoms with van der Waals surface area (Å²) in [7, 11) is 0. The van der Waals surface area contributed by atoms with Crippen LogP contribution in [-0.2, 0) is 11.8 Å². The minimum atomic E-state index is -0.316. The first-order valence-electron chi connectivity index (χ1n) is 15.3. The number of fused-ring (bicyclic) bond motifs is 2. The molecule has 3 amide bonds. The molecule has 4 aromatic rings. The fraction of sp³-hybridized carbons (Fsp3) is 0.400. The van der Waals surface area contributed by atoms with Crippen LogP contribution in [0.4, 0.5) is 16.3 Å². The van der Waals surface area contributed by atoms with Gasteiger partial charge in [-0.3, -0.25) is 10.1 Å². The van der Waals surface area contributed by atoms with Crippen LogP contribution in [0.1, 0.15) is 79.4 Å². The topological polar surface area (TPSA) is 92.4 Å². The second-order valence-electron chi connectivity index (χ2n) is 13.3. The summed E-state index contributed by atoms with van der Waals surface area (Å²) in [6, 6.07) is 20.2. The normalized spacial score (nSPS) is 19.8. The molecule has 2 aromatic carbocycles. The van der Waals surface area contributed by atoms with Crippen LogP contribution < -0.4 is 10.6 Å². The molecule has 0 spiro atoms. The molecule has 2 fully saturated rings. The molecule has 2 unspecified atom stereocenters. The number of nitrogens with one attached hydrogen (secondary N) is 2. The number of piperidine rings is 1. The first kappa shape index (κ1) is 28.8. The highest BCUT2D eigenvalue weighted by molar-refractivity contribution is 5.99. The van der Waals surface area contributed by atoms with Crippen molar-refractivity contribution in [1.29, 1.82) is 0 Å². The summed E-state index contributed by atoms with van der Waals surface area (Å²) in [6.45, 7) is 10.3. The molecule has 8 heteroatoms. The molecule has 2 aliphatic heterocycles. The van der Waals surface area contributed by atoms with Gasteiger partial charge in [0.05, 0.1) is 17.6 Å². The smallest absolute Gasteiger partial charge is 0.324 e. The number of hydrogen-bond acceptors (Lipinski definition) is 4. The molecule has 8 nitrogen and oxygen atoms in total. The molecule has 0 saturated carbocycles. The van der Waals surface area contributed by atoms with E-state index in [0.717, 1.165) is 60.3 Å². The maximum atomic E-state index is 13.2. The fourth-order valence-corrected chi connectivity index (χ4v) is 6.60. The Hall–Kier alpha value is -4.33. The maximum absolute atomic E-state index is 13.2. The van der Waals surface area contributed by atoms with Crippen molar-refractivity contribution < 1.29 is 14.0 Å². The van der Waals surface area contributed by atoms with Crippen LogP contribution >= 0.6 is 0 Å². The molecule has 6 rings (SSSR count). The van der Waals surface area contributed by atoms with Crippen LogP contribution in [0.15, 0.2) is 71.3 Å². The number of amides is 3. The Morgan fingerprint density at radius 1 is 0.953 bits per heavy atom. The highest BCUT2D eigenvalue weighted by Crippen LogP contribution is 2.41. The third-order valence-electron chi connectivity index (χ3n) is 8.83. The van der Waals surface area contributed by atoms with Crippen molar-refractivity contribution in [3.63, 3.8) is 0 Å². The highest BCUT2D eigenvalue weighted by Gasteiger charge is 2.44. The van der Waals surface area contributed by atoms with E-state index in [-0.39, 0.29) is 29.4 Å². The monoisotopic (exact) mass is 579 g/mol. The number of rotatable bonds is 6. The molecule has 2 bridgehead atoms. The van der Waals surface area contributed by atoms with Gasteiger partial charge in [0.25, 0.3) is 5.91 Å². The van der Waals surface area contributed by atoms with Gasteiger partial charge in [-0.25, -0.2) is 9.48 Å². The SMILES string of the molecule is Cc1ccc(-n2nc(C(C)(C)C)cc2NC(=O)Nc2cccc(CC3CC4CCC(C3)N4C(=O)c3occc3C)c2)cc1. The second kappa shape index (κ2) is 11.4. The predicted molar refractivity (Wildman–Crippen MR) is 169 cm³/mol. The molecule has 43 heavy (non-hydrogen) atoms. The lowest BCUT2D eigenvalue weighted by molar-refractivity contribution is 0.0492. The van der Waals surface area contributed by atoms with E-state index in [1.807, 2.05) is 62.4 Å². The lowest BCUT2D eigenvalue weighted by Gasteiger charge is -2.38. The number of aryl methyl sites for hydroxylation is 2. The molecule has 224 valence electrons. The van der Waals surface area contributed by atoms with Crippen molar-refractivity contribution in [1.82, 2.24) is 14.7 Å². The van der Waals surface area contributed by atoms with Crippen LogP contribution in [0.3, 0.4) is 0 Å². The highest BCUT2D eigenvalue weighted by atomic mass is 16.3. The van der Waals surface area contributed by atoms with Gasteiger partial charge in [0.2, 0.25) is 0 Å². The van der Waals surface area contributed by atoms with Gasteiger partial charge < -0.3 is 14.6 Å². The standard InChI is InChI=1S/C35H41N5O3/c1-22-9-11-27(12-10-22)40-31(21-30(38-40)35(3,4)5)37-34(42)36-26-8-6-7-24(18-26)17-25-19-28-13-14-29(20-25)39(28)33(41)32-23(2)15-16-43-32/h6-12,15-16,18,21,25,28-29H,13-14,17,19-20H2,1-5H3,(H2,36,37,42). The molecule has 2 atom stereocenters. The molecule has 2 N–H and O–H groups in total. The number of furan rings is 1. The summed E-state index contributed by atoms with van der Waals surface area (Å²) in [5.74, 6) is 1.61. The van der Waals surface area contributed by atoms with Gasteiger partial charge in [-0.05, 0) is 87.8 Å². The minimum Gasteiger partial charge on any atom is -0.459 e. The van der Waals surface area contributed by atoms with Crippen LogP contribution in [0.25, 0.3) is 5.69 Å². The number of anilines is 2. The number of carbonyl (C=O) groups is 2. The summed E-state index contributed by atoms with van der Waals surface area (Å²) in [4.78, 5) is 28.5. The molecule has 4 heterocycles. The lowest BCUT2D eigenvalue weighted by Crippen LogP contribution is -2.47. The van der Waals surface area contributed by atoms with Crippen molar-refractivity contribution in [3.8, 4) is 5.69 Å². The Morgan fingerprint density at radius 2 is 1.67 bits per heavy atom. The van der Waals surface area contributed by atoms with E-state index < -0.39 is 0 Å². The Bertz CT molecular complexity index is 1610. The number of aromatic nitrogens is 2. The Kier molecular flexibility index (Phi) is 7.63. The van der Waals surface area contributed by atoms with Crippen molar-refractivity contribution >= 4 is 23.4 Å². The van der Waals surface area contributed by atoms with Gasteiger partial charge in [0.1, 0.15) is 5.82 Å². The molecular formula is C35H41N5O3. The van der Waals surface area contributed by atoms with E-state index in [0.29, 0.717) is 17.5 Å². The molecular weight excluding hydrogens is 538 g/mol. The zero-order valence-corrected chi connectivity index (χ0v) is 25.7.